The lowest BCUT2D eigenvalue weighted by atomic mass is 9.95. The third-order valence-corrected chi connectivity index (χ3v) is 4.19. The number of halogens is 2. The quantitative estimate of drug-likeness (QED) is 0.907. The normalized spacial score (nSPS) is 21.2. The number of carboxylic acids is 1. The molecule has 0 aromatic heterocycles. The lowest BCUT2D eigenvalue weighted by Gasteiger charge is -2.39. The number of carbonyl (C=O) groups is 1. The van der Waals surface area contributed by atoms with Gasteiger partial charge < -0.3 is 5.11 Å². The van der Waals surface area contributed by atoms with Crippen LogP contribution in [0.3, 0.4) is 0 Å². The van der Waals surface area contributed by atoms with Crippen LogP contribution in [0.4, 0.5) is 8.78 Å². The third-order valence-electron chi connectivity index (χ3n) is 4.19. The molecule has 1 aliphatic heterocycles. The summed E-state index contributed by atoms with van der Waals surface area (Å²) < 4.78 is 26.3. The van der Waals surface area contributed by atoms with E-state index in [4.69, 9.17) is 5.11 Å². The fraction of sp³-hybridized carbons (Fsp3) is 0.562. The molecule has 1 fully saturated rings. The van der Waals surface area contributed by atoms with E-state index in [-0.39, 0.29) is 12.5 Å². The largest absolute Gasteiger partial charge is 0.481 e. The minimum absolute atomic E-state index is 0.0172. The van der Waals surface area contributed by atoms with E-state index in [2.05, 4.69) is 11.8 Å². The number of hydrogen-bond donors (Lipinski definition) is 1. The van der Waals surface area contributed by atoms with Gasteiger partial charge in [0.15, 0.2) is 11.6 Å². The number of nitrogens with zero attached hydrogens (tertiary/aromatic N) is 1. The summed E-state index contributed by atoms with van der Waals surface area (Å²) in [5.41, 5.74) is 0.637. The Morgan fingerprint density at radius 2 is 2.14 bits per heavy atom. The van der Waals surface area contributed by atoms with Gasteiger partial charge in [0.2, 0.25) is 0 Å². The molecular formula is C16H21F2NO2. The topological polar surface area (TPSA) is 40.5 Å². The van der Waals surface area contributed by atoms with Crippen molar-refractivity contribution < 1.29 is 18.7 Å². The number of rotatable bonds is 5. The molecule has 21 heavy (non-hydrogen) atoms. The highest BCUT2D eigenvalue weighted by Gasteiger charge is 2.28. The lowest BCUT2D eigenvalue weighted by Crippen LogP contribution is -2.46. The highest BCUT2D eigenvalue weighted by Crippen LogP contribution is 2.23. The summed E-state index contributed by atoms with van der Waals surface area (Å²) >= 11 is 0. The van der Waals surface area contributed by atoms with Gasteiger partial charge in [0.1, 0.15) is 0 Å². The van der Waals surface area contributed by atoms with Crippen LogP contribution in [0.25, 0.3) is 0 Å². The number of likely N-dealkylation sites (tertiary alicyclic amines) is 1. The van der Waals surface area contributed by atoms with Crippen LogP contribution >= 0.6 is 0 Å². The first-order chi connectivity index (χ1) is 9.97. The smallest absolute Gasteiger partial charge is 0.304 e. The molecule has 2 unspecified atom stereocenters. The van der Waals surface area contributed by atoms with Gasteiger partial charge in [-0.15, -0.1) is 0 Å². The first kappa shape index (κ1) is 15.9. The van der Waals surface area contributed by atoms with Gasteiger partial charge in [-0.1, -0.05) is 12.5 Å². The molecule has 0 radical (unpaired) electrons. The molecule has 0 saturated carbocycles. The van der Waals surface area contributed by atoms with Crippen molar-refractivity contribution in [1.82, 2.24) is 4.90 Å². The van der Waals surface area contributed by atoms with Gasteiger partial charge in [-0.2, -0.15) is 0 Å². The molecule has 1 aromatic carbocycles. The van der Waals surface area contributed by atoms with Crippen LogP contribution < -0.4 is 0 Å². The number of piperidine rings is 1. The Balaban J connectivity index is 2.15. The molecule has 1 heterocycles. The molecule has 5 heteroatoms. The van der Waals surface area contributed by atoms with Crippen molar-refractivity contribution in [3.8, 4) is 0 Å². The Hall–Kier alpha value is -1.49. The van der Waals surface area contributed by atoms with Crippen molar-refractivity contribution in [3.63, 3.8) is 0 Å². The summed E-state index contributed by atoms with van der Waals surface area (Å²) in [6, 6.07) is 3.94. The highest BCUT2D eigenvalue weighted by molar-refractivity contribution is 5.67. The molecule has 2 atom stereocenters. The molecule has 2 rings (SSSR count). The second kappa shape index (κ2) is 6.98. The van der Waals surface area contributed by atoms with Crippen LogP contribution in [0.1, 0.15) is 38.2 Å². The maximum atomic E-state index is 13.3. The van der Waals surface area contributed by atoms with Gasteiger partial charge in [0, 0.05) is 12.1 Å². The zero-order chi connectivity index (χ0) is 15.4. The van der Waals surface area contributed by atoms with E-state index in [1.165, 1.54) is 12.1 Å². The van der Waals surface area contributed by atoms with E-state index in [9.17, 15) is 13.6 Å². The summed E-state index contributed by atoms with van der Waals surface area (Å²) in [5.74, 6) is -2.62. The molecule has 1 N–H and O–H groups in total. The number of carboxylic acid groups (broad SMARTS) is 1. The van der Waals surface area contributed by atoms with Crippen molar-refractivity contribution in [3.05, 3.63) is 35.4 Å². The molecule has 0 aliphatic carbocycles. The zero-order valence-electron chi connectivity index (χ0n) is 12.2. The number of hydrogen-bond acceptors (Lipinski definition) is 2. The predicted octanol–water partition coefficient (Wildman–Crippen LogP) is 3.23. The first-order valence-electron chi connectivity index (χ1n) is 7.39. The number of aliphatic carboxylic acids is 1. The maximum absolute atomic E-state index is 13.3. The molecule has 0 spiro atoms. The summed E-state index contributed by atoms with van der Waals surface area (Å²) in [7, 11) is 0. The van der Waals surface area contributed by atoms with Crippen LogP contribution in [-0.2, 0) is 11.2 Å². The van der Waals surface area contributed by atoms with E-state index in [0.29, 0.717) is 18.0 Å². The maximum Gasteiger partial charge on any atom is 0.304 e. The molecule has 116 valence electrons. The molecular weight excluding hydrogens is 276 g/mol. The monoisotopic (exact) mass is 297 g/mol. The Bertz CT molecular complexity index is 507. The van der Waals surface area contributed by atoms with Crippen LogP contribution in [0.2, 0.25) is 0 Å². The SMILES string of the molecule is CC1CCCCN1C(CC(=O)O)Cc1ccc(F)c(F)c1. The fourth-order valence-corrected chi connectivity index (χ4v) is 3.11. The minimum Gasteiger partial charge on any atom is -0.481 e. The van der Waals surface area contributed by atoms with Crippen molar-refractivity contribution in [2.75, 3.05) is 6.54 Å². The second-order valence-electron chi connectivity index (χ2n) is 5.79. The molecule has 0 bridgehead atoms. The van der Waals surface area contributed by atoms with Crippen molar-refractivity contribution in [1.29, 1.82) is 0 Å². The fourth-order valence-electron chi connectivity index (χ4n) is 3.11. The highest BCUT2D eigenvalue weighted by atomic mass is 19.2. The predicted molar refractivity (Wildman–Crippen MR) is 76.1 cm³/mol. The van der Waals surface area contributed by atoms with Crippen LogP contribution in [0.5, 0.6) is 0 Å². The van der Waals surface area contributed by atoms with E-state index in [1.54, 1.807) is 0 Å². The Labute approximate surface area is 123 Å². The summed E-state index contributed by atoms with van der Waals surface area (Å²) in [6.45, 7) is 2.96. The molecule has 1 saturated heterocycles. The van der Waals surface area contributed by atoms with Gasteiger partial charge in [0.25, 0.3) is 0 Å². The van der Waals surface area contributed by atoms with E-state index < -0.39 is 17.6 Å². The Kier molecular flexibility index (Phi) is 5.28. The third kappa shape index (κ3) is 4.24. The number of benzene rings is 1. The summed E-state index contributed by atoms with van der Waals surface area (Å²) in [4.78, 5) is 13.3. The Morgan fingerprint density at radius 1 is 1.38 bits per heavy atom. The Morgan fingerprint density at radius 3 is 2.76 bits per heavy atom. The summed E-state index contributed by atoms with van der Waals surface area (Å²) in [6.07, 6.45) is 3.70. The molecule has 1 aliphatic rings. The van der Waals surface area contributed by atoms with E-state index >= 15 is 0 Å². The van der Waals surface area contributed by atoms with Crippen LogP contribution in [0, 0.1) is 11.6 Å². The van der Waals surface area contributed by atoms with Gasteiger partial charge in [0.05, 0.1) is 6.42 Å². The average Bonchev–Trinajstić information content (AvgIpc) is 2.42. The second-order valence-corrected chi connectivity index (χ2v) is 5.79. The average molecular weight is 297 g/mol. The summed E-state index contributed by atoms with van der Waals surface area (Å²) in [5, 5.41) is 9.12. The van der Waals surface area contributed by atoms with Gasteiger partial charge in [-0.25, -0.2) is 8.78 Å². The minimum atomic E-state index is -0.881. The van der Waals surface area contributed by atoms with Crippen molar-refractivity contribution in [2.45, 2.75) is 51.1 Å². The molecule has 1 aromatic rings. The van der Waals surface area contributed by atoms with Crippen molar-refractivity contribution in [2.24, 2.45) is 0 Å². The van der Waals surface area contributed by atoms with Gasteiger partial charge in [-0.05, 0) is 50.4 Å². The van der Waals surface area contributed by atoms with Crippen molar-refractivity contribution >= 4 is 5.97 Å². The van der Waals surface area contributed by atoms with Crippen LogP contribution in [0.15, 0.2) is 18.2 Å². The van der Waals surface area contributed by atoms with E-state index in [0.717, 1.165) is 31.9 Å². The van der Waals surface area contributed by atoms with Crippen LogP contribution in [-0.4, -0.2) is 34.6 Å². The molecule has 0 amide bonds. The standard InChI is InChI=1S/C16H21F2NO2/c1-11-4-2-3-7-19(11)13(10-16(20)21)8-12-5-6-14(17)15(18)9-12/h5-6,9,11,13H,2-4,7-8,10H2,1H3,(H,20,21). The zero-order valence-corrected chi connectivity index (χ0v) is 12.2. The van der Waals surface area contributed by atoms with Gasteiger partial charge in [-0.3, -0.25) is 9.69 Å². The first-order valence-corrected chi connectivity index (χ1v) is 7.39. The van der Waals surface area contributed by atoms with Gasteiger partial charge >= 0.3 is 5.97 Å². The molecule has 3 nitrogen and oxygen atoms in total. The van der Waals surface area contributed by atoms with E-state index in [1.807, 2.05) is 0 Å². The lowest BCUT2D eigenvalue weighted by molar-refractivity contribution is -0.138.